The van der Waals surface area contributed by atoms with Crippen molar-refractivity contribution in [1.82, 2.24) is 4.90 Å². The molecule has 0 radical (unpaired) electrons. The number of hydrogen-bond acceptors (Lipinski definition) is 2. The van der Waals surface area contributed by atoms with Crippen LogP contribution in [-0.4, -0.2) is 34.6 Å². The molecule has 0 amide bonds. The Morgan fingerprint density at radius 3 is 2.39 bits per heavy atom. The first-order valence-electron chi connectivity index (χ1n) is 7.62. The van der Waals surface area contributed by atoms with E-state index in [-0.39, 0.29) is 12.0 Å². The van der Waals surface area contributed by atoms with E-state index in [0.29, 0.717) is 6.04 Å². The molecule has 0 aromatic carbocycles. The monoisotopic (exact) mass is 253 g/mol. The van der Waals surface area contributed by atoms with Gasteiger partial charge < -0.3 is 5.11 Å². The molecule has 1 heterocycles. The molecular formula is C15H27NO2. The molecule has 2 unspecified atom stereocenters. The summed E-state index contributed by atoms with van der Waals surface area (Å²) in [4.78, 5) is 13.6. The molecule has 0 spiro atoms. The molecule has 0 aromatic rings. The molecular weight excluding hydrogens is 226 g/mol. The molecule has 0 bridgehead atoms. The standard InChI is InChI=1S/C15H27NO2/c1-3-4-12-5-7-13(8-6-12)16-10-9-14(11(16)2)15(17)18/h11-14H,3-10H2,1-2H3,(H,17,18). The fraction of sp³-hybridized carbons (Fsp3) is 0.933. The zero-order chi connectivity index (χ0) is 13.1. The summed E-state index contributed by atoms with van der Waals surface area (Å²) in [7, 11) is 0. The van der Waals surface area contributed by atoms with E-state index >= 15 is 0 Å². The van der Waals surface area contributed by atoms with Crippen LogP contribution in [0.1, 0.15) is 58.8 Å². The van der Waals surface area contributed by atoms with Crippen molar-refractivity contribution >= 4 is 5.97 Å². The van der Waals surface area contributed by atoms with Gasteiger partial charge in [0.1, 0.15) is 0 Å². The highest BCUT2D eigenvalue weighted by Crippen LogP contribution is 2.35. The van der Waals surface area contributed by atoms with Crippen molar-refractivity contribution in [3.05, 3.63) is 0 Å². The molecule has 104 valence electrons. The van der Waals surface area contributed by atoms with Crippen LogP contribution in [0.15, 0.2) is 0 Å². The first-order valence-corrected chi connectivity index (χ1v) is 7.62. The van der Waals surface area contributed by atoms with Crippen LogP contribution in [0.5, 0.6) is 0 Å². The number of carboxylic acids is 1. The highest BCUT2D eigenvalue weighted by molar-refractivity contribution is 5.71. The number of nitrogens with zero attached hydrogens (tertiary/aromatic N) is 1. The summed E-state index contributed by atoms with van der Waals surface area (Å²) in [6, 6.07) is 0.882. The van der Waals surface area contributed by atoms with Crippen molar-refractivity contribution in [1.29, 1.82) is 0 Å². The van der Waals surface area contributed by atoms with Gasteiger partial charge in [-0.1, -0.05) is 19.8 Å². The SMILES string of the molecule is CCCC1CCC(N2CCC(C(=O)O)C2C)CC1. The zero-order valence-electron chi connectivity index (χ0n) is 11.8. The summed E-state index contributed by atoms with van der Waals surface area (Å²) < 4.78 is 0. The van der Waals surface area contributed by atoms with Crippen molar-refractivity contribution in [2.45, 2.75) is 70.9 Å². The first kappa shape index (κ1) is 13.9. The molecule has 18 heavy (non-hydrogen) atoms. The number of hydrogen-bond donors (Lipinski definition) is 1. The number of likely N-dealkylation sites (tertiary alicyclic amines) is 1. The van der Waals surface area contributed by atoms with Crippen molar-refractivity contribution in [3.8, 4) is 0 Å². The second-order valence-corrected chi connectivity index (χ2v) is 6.18. The largest absolute Gasteiger partial charge is 0.481 e. The quantitative estimate of drug-likeness (QED) is 0.836. The lowest BCUT2D eigenvalue weighted by molar-refractivity contribution is -0.142. The highest BCUT2D eigenvalue weighted by Gasteiger charge is 2.39. The van der Waals surface area contributed by atoms with Crippen LogP contribution in [-0.2, 0) is 4.79 Å². The van der Waals surface area contributed by atoms with Crippen LogP contribution in [0.25, 0.3) is 0 Å². The average Bonchev–Trinajstić information content (AvgIpc) is 2.73. The molecule has 1 aliphatic carbocycles. The van der Waals surface area contributed by atoms with E-state index in [0.717, 1.165) is 18.9 Å². The zero-order valence-corrected chi connectivity index (χ0v) is 11.8. The number of carboxylic acid groups (broad SMARTS) is 1. The summed E-state index contributed by atoms with van der Waals surface area (Å²) in [5, 5.41) is 9.19. The molecule has 1 N–H and O–H groups in total. The van der Waals surface area contributed by atoms with Crippen molar-refractivity contribution < 1.29 is 9.90 Å². The van der Waals surface area contributed by atoms with Crippen LogP contribution >= 0.6 is 0 Å². The van der Waals surface area contributed by atoms with Crippen LogP contribution in [0, 0.1) is 11.8 Å². The van der Waals surface area contributed by atoms with Crippen LogP contribution in [0.3, 0.4) is 0 Å². The normalized spacial score (nSPS) is 37.9. The first-order chi connectivity index (χ1) is 8.63. The van der Waals surface area contributed by atoms with E-state index < -0.39 is 5.97 Å². The van der Waals surface area contributed by atoms with Gasteiger partial charge in [-0.2, -0.15) is 0 Å². The van der Waals surface area contributed by atoms with E-state index in [4.69, 9.17) is 0 Å². The summed E-state index contributed by atoms with van der Waals surface area (Å²) in [6.07, 6.45) is 8.77. The smallest absolute Gasteiger partial charge is 0.308 e. The molecule has 2 fully saturated rings. The molecule has 2 rings (SSSR count). The molecule has 1 aliphatic heterocycles. The Morgan fingerprint density at radius 2 is 1.89 bits per heavy atom. The Kier molecular flexibility index (Phi) is 4.66. The molecule has 3 nitrogen and oxygen atoms in total. The minimum Gasteiger partial charge on any atom is -0.481 e. The minimum absolute atomic E-state index is 0.140. The van der Waals surface area contributed by atoms with Crippen LogP contribution in [0.2, 0.25) is 0 Å². The molecule has 3 heteroatoms. The third-order valence-electron chi connectivity index (χ3n) is 5.10. The second kappa shape index (κ2) is 6.05. The molecule has 1 saturated heterocycles. The molecule has 2 aliphatic rings. The fourth-order valence-electron chi connectivity index (χ4n) is 3.98. The maximum atomic E-state index is 11.2. The van der Waals surface area contributed by atoms with Gasteiger partial charge in [-0.15, -0.1) is 0 Å². The Hall–Kier alpha value is -0.570. The lowest BCUT2D eigenvalue weighted by Crippen LogP contribution is -2.42. The maximum Gasteiger partial charge on any atom is 0.308 e. The lowest BCUT2D eigenvalue weighted by atomic mass is 9.82. The van der Waals surface area contributed by atoms with Gasteiger partial charge >= 0.3 is 5.97 Å². The molecule has 2 atom stereocenters. The van der Waals surface area contributed by atoms with Gasteiger partial charge in [0.05, 0.1) is 5.92 Å². The van der Waals surface area contributed by atoms with Gasteiger partial charge in [-0.3, -0.25) is 9.69 Å². The third kappa shape index (κ3) is 2.87. The predicted molar refractivity (Wildman–Crippen MR) is 72.6 cm³/mol. The molecule has 0 aromatic heterocycles. The van der Waals surface area contributed by atoms with Gasteiger partial charge in [0.2, 0.25) is 0 Å². The van der Waals surface area contributed by atoms with E-state index in [1.807, 2.05) is 0 Å². The van der Waals surface area contributed by atoms with Gasteiger partial charge in [0.25, 0.3) is 0 Å². The Balaban J connectivity index is 1.85. The highest BCUT2D eigenvalue weighted by atomic mass is 16.4. The van der Waals surface area contributed by atoms with Crippen LogP contribution in [0.4, 0.5) is 0 Å². The molecule has 1 saturated carbocycles. The minimum atomic E-state index is -0.607. The summed E-state index contributed by atoms with van der Waals surface area (Å²) >= 11 is 0. The van der Waals surface area contributed by atoms with E-state index in [9.17, 15) is 9.90 Å². The van der Waals surface area contributed by atoms with E-state index in [1.165, 1.54) is 38.5 Å². The van der Waals surface area contributed by atoms with E-state index in [1.54, 1.807) is 0 Å². The van der Waals surface area contributed by atoms with Gasteiger partial charge in [0.15, 0.2) is 0 Å². The van der Waals surface area contributed by atoms with Gasteiger partial charge in [0, 0.05) is 12.1 Å². The van der Waals surface area contributed by atoms with Crippen LogP contribution < -0.4 is 0 Å². The van der Waals surface area contributed by atoms with Crippen molar-refractivity contribution in [2.75, 3.05) is 6.54 Å². The summed E-state index contributed by atoms with van der Waals surface area (Å²) in [5.41, 5.74) is 0. The summed E-state index contributed by atoms with van der Waals surface area (Å²) in [6.45, 7) is 5.36. The third-order valence-corrected chi connectivity index (χ3v) is 5.10. The number of aliphatic carboxylic acids is 1. The van der Waals surface area contributed by atoms with Gasteiger partial charge in [-0.25, -0.2) is 0 Å². The lowest BCUT2D eigenvalue weighted by Gasteiger charge is -2.37. The average molecular weight is 253 g/mol. The topological polar surface area (TPSA) is 40.5 Å². The number of rotatable bonds is 4. The Bertz CT molecular complexity index is 284. The predicted octanol–water partition coefficient (Wildman–Crippen LogP) is 3.14. The van der Waals surface area contributed by atoms with Crippen molar-refractivity contribution in [3.63, 3.8) is 0 Å². The van der Waals surface area contributed by atoms with E-state index in [2.05, 4.69) is 18.7 Å². The maximum absolute atomic E-state index is 11.2. The number of carbonyl (C=O) groups is 1. The fourth-order valence-corrected chi connectivity index (χ4v) is 3.98. The van der Waals surface area contributed by atoms with Crippen molar-refractivity contribution in [2.24, 2.45) is 11.8 Å². The Labute approximate surface area is 111 Å². The van der Waals surface area contributed by atoms with Gasteiger partial charge in [-0.05, 0) is 51.5 Å². The second-order valence-electron chi connectivity index (χ2n) is 6.18. The summed E-state index contributed by atoms with van der Waals surface area (Å²) in [5.74, 6) is 0.183. The Morgan fingerprint density at radius 1 is 1.22 bits per heavy atom.